The molecule has 0 bridgehead atoms. The first-order valence-electron chi connectivity index (χ1n) is 7.44. The highest BCUT2D eigenvalue weighted by Gasteiger charge is 2.21. The van der Waals surface area contributed by atoms with Gasteiger partial charge in [0.2, 0.25) is 0 Å². The van der Waals surface area contributed by atoms with Crippen LogP contribution in [0.1, 0.15) is 38.8 Å². The minimum Gasteiger partial charge on any atom is -0.392 e. The molecule has 0 spiro atoms. The van der Waals surface area contributed by atoms with Crippen LogP contribution in [0.25, 0.3) is 11.2 Å². The predicted molar refractivity (Wildman–Crippen MR) is 85.3 cm³/mol. The molecule has 0 aromatic carbocycles. The molecule has 2 N–H and O–H groups in total. The van der Waals surface area contributed by atoms with Gasteiger partial charge in [0.15, 0.2) is 5.65 Å². The van der Waals surface area contributed by atoms with E-state index in [9.17, 15) is 5.11 Å². The van der Waals surface area contributed by atoms with Gasteiger partial charge in [0, 0.05) is 18.3 Å². The van der Waals surface area contributed by atoms with E-state index in [0.717, 1.165) is 55.6 Å². The van der Waals surface area contributed by atoms with E-state index in [0.29, 0.717) is 0 Å². The normalized spacial score (nSPS) is 22.2. The maximum Gasteiger partial charge on any atom is 0.177 e. The van der Waals surface area contributed by atoms with Crippen molar-refractivity contribution in [2.24, 2.45) is 0 Å². The quantitative estimate of drug-likeness (QED) is 0.906. The minimum absolute atomic E-state index is 0. The first kappa shape index (κ1) is 15.9. The molecule has 0 amide bonds. The number of aliphatic hydroxyl groups excluding tert-OH is 1. The predicted octanol–water partition coefficient (Wildman–Crippen LogP) is 2.27. The number of rotatable bonds is 4. The third kappa shape index (κ3) is 3.60. The first-order chi connectivity index (χ1) is 9.74. The topological polar surface area (TPSA) is 63.0 Å². The Balaban J connectivity index is 0.00000161. The molecule has 2 aromatic rings. The summed E-state index contributed by atoms with van der Waals surface area (Å²) >= 11 is 0. The highest BCUT2D eigenvalue weighted by molar-refractivity contribution is 5.70. The van der Waals surface area contributed by atoms with Crippen molar-refractivity contribution in [1.29, 1.82) is 0 Å². The average Bonchev–Trinajstić information content (AvgIpc) is 2.83. The van der Waals surface area contributed by atoms with Crippen LogP contribution in [0, 0.1) is 6.92 Å². The number of pyridine rings is 1. The summed E-state index contributed by atoms with van der Waals surface area (Å²) in [4.78, 5) is 8.77. The fourth-order valence-corrected chi connectivity index (χ4v) is 2.93. The molecule has 5 heteroatoms. The van der Waals surface area contributed by atoms with Crippen molar-refractivity contribution in [1.82, 2.24) is 19.9 Å². The van der Waals surface area contributed by atoms with Crippen molar-refractivity contribution in [2.75, 3.05) is 6.54 Å². The van der Waals surface area contributed by atoms with Crippen LogP contribution in [-0.4, -0.2) is 38.3 Å². The summed E-state index contributed by atoms with van der Waals surface area (Å²) < 4.78 is 2.15. The van der Waals surface area contributed by atoms with Gasteiger partial charge in [-0.2, -0.15) is 0 Å². The fraction of sp³-hybridized carbons (Fsp3) is 0.625. The molecule has 2 aromatic heterocycles. The molecule has 116 valence electrons. The number of piperidine rings is 1. The lowest BCUT2D eigenvalue weighted by Gasteiger charge is -2.28. The maximum absolute atomic E-state index is 9.94. The van der Waals surface area contributed by atoms with Crippen molar-refractivity contribution >= 4 is 11.2 Å². The molecule has 21 heavy (non-hydrogen) atoms. The maximum atomic E-state index is 9.94. The summed E-state index contributed by atoms with van der Waals surface area (Å²) in [5.41, 5.74) is 2.91. The summed E-state index contributed by atoms with van der Waals surface area (Å²) in [5.74, 6) is 0. The fourth-order valence-electron chi connectivity index (χ4n) is 2.93. The van der Waals surface area contributed by atoms with Gasteiger partial charge in [0.1, 0.15) is 0 Å². The monoisotopic (exact) mass is 290 g/mol. The van der Waals surface area contributed by atoms with Crippen LogP contribution in [-0.2, 0) is 6.54 Å². The van der Waals surface area contributed by atoms with Gasteiger partial charge in [0.25, 0.3) is 0 Å². The van der Waals surface area contributed by atoms with Crippen LogP contribution in [0.15, 0.2) is 18.5 Å². The highest BCUT2D eigenvalue weighted by atomic mass is 16.3. The van der Waals surface area contributed by atoms with Gasteiger partial charge in [-0.1, -0.05) is 7.43 Å². The van der Waals surface area contributed by atoms with Gasteiger partial charge in [0.05, 0.1) is 17.9 Å². The summed E-state index contributed by atoms with van der Waals surface area (Å²) in [6, 6.07) is 4.35. The molecule has 0 radical (unpaired) electrons. The number of nitrogens with one attached hydrogen (secondary N) is 1. The molecule has 3 rings (SSSR count). The Kier molecular flexibility index (Phi) is 5.31. The van der Waals surface area contributed by atoms with Crippen molar-refractivity contribution in [3.8, 4) is 0 Å². The van der Waals surface area contributed by atoms with E-state index in [1.807, 2.05) is 19.3 Å². The molecule has 1 aliphatic heterocycles. The van der Waals surface area contributed by atoms with E-state index in [4.69, 9.17) is 0 Å². The number of fused-ring (bicyclic) bond motifs is 1. The molecule has 0 saturated carbocycles. The third-order valence-corrected chi connectivity index (χ3v) is 4.08. The van der Waals surface area contributed by atoms with Gasteiger partial charge < -0.3 is 15.0 Å². The van der Waals surface area contributed by atoms with E-state index in [2.05, 4.69) is 25.9 Å². The van der Waals surface area contributed by atoms with Crippen molar-refractivity contribution < 1.29 is 5.11 Å². The van der Waals surface area contributed by atoms with E-state index in [1.165, 1.54) is 0 Å². The third-order valence-electron chi connectivity index (χ3n) is 4.08. The summed E-state index contributed by atoms with van der Waals surface area (Å²) in [7, 11) is 0. The number of imidazole rings is 1. The molecule has 3 heterocycles. The average molecular weight is 290 g/mol. The summed E-state index contributed by atoms with van der Waals surface area (Å²) in [6.07, 6.45) is 5.72. The molecule has 0 aliphatic carbocycles. The number of aryl methyl sites for hydroxylation is 2. The molecule has 1 fully saturated rings. The van der Waals surface area contributed by atoms with E-state index >= 15 is 0 Å². The minimum atomic E-state index is -0.187. The molecular weight excluding hydrogens is 264 g/mol. The zero-order chi connectivity index (χ0) is 13.9. The number of hydrogen-bond donors (Lipinski definition) is 2. The Morgan fingerprint density at radius 2 is 2.29 bits per heavy atom. The van der Waals surface area contributed by atoms with Gasteiger partial charge >= 0.3 is 0 Å². The van der Waals surface area contributed by atoms with Gasteiger partial charge in [-0.15, -0.1) is 0 Å². The molecule has 0 unspecified atom stereocenters. The van der Waals surface area contributed by atoms with Gasteiger partial charge in [-0.3, -0.25) is 0 Å². The zero-order valence-corrected chi connectivity index (χ0v) is 11.9. The highest BCUT2D eigenvalue weighted by Crippen LogP contribution is 2.15. The smallest absolute Gasteiger partial charge is 0.177 e. The summed E-state index contributed by atoms with van der Waals surface area (Å²) in [6.45, 7) is 3.93. The van der Waals surface area contributed by atoms with Gasteiger partial charge in [-0.05, 0) is 51.3 Å². The standard InChI is InChI=1S/C15H22N4O.CH4/c1-11-6-7-13-15(18-11)17-10-19(13)9-3-4-12-14(20)5-2-8-16-12;/h6-7,10,12,14,16,20H,2-5,8-9H2,1H3;1H4/t12-,14+;/m1./s1. The van der Waals surface area contributed by atoms with Crippen LogP contribution in [0.5, 0.6) is 0 Å². The lowest BCUT2D eigenvalue weighted by molar-refractivity contribution is 0.0909. The Hall–Kier alpha value is -1.46. The van der Waals surface area contributed by atoms with Crippen LogP contribution >= 0.6 is 0 Å². The number of nitrogens with zero attached hydrogens (tertiary/aromatic N) is 3. The molecule has 1 aliphatic rings. The summed E-state index contributed by atoms with van der Waals surface area (Å²) in [5, 5.41) is 13.3. The van der Waals surface area contributed by atoms with Crippen LogP contribution in [0.3, 0.4) is 0 Å². The number of hydrogen-bond acceptors (Lipinski definition) is 4. The zero-order valence-electron chi connectivity index (χ0n) is 11.9. The molecule has 1 saturated heterocycles. The van der Waals surface area contributed by atoms with Crippen molar-refractivity contribution in [3.05, 3.63) is 24.2 Å². The van der Waals surface area contributed by atoms with Crippen molar-refractivity contribution in [3.63, 3.8) is 0 Å². The molecule has 2 atom stereocenters. The lowest BCUT2D eigenvalue weighted by atomic mass is 9.97. The van der Waals surface area contributed by atoms with Gasteiger partial charge in [-0.25, -0.2) is 9.97 Å². The largest absolute Gasteiger partial charge is 0.392 e. The van der Waals surface area contributed by atoms with Crippen LogP contribution in [0.2, 0.25) is 0 Å². The SMILES string of the molecule is C.Cc1ccc2c(ncn2CCC[C@H]2NCCC[C@@H]2O)n1. The molecular formula is C16H26N4O. The Labute approximate surface area is 126 Å². The lowest BCUT2D eigenvalue weighted by Crippen LogP contribution is -2.44. The van der Waals surface area contributed by atoms with E-state index in [-0.39, 0.29) is 19.6 Å². The van der Waals surface area contributed by atoms with Crippen LogP contribution < -0.4 is 5.32 Å². The Morgan fingerprint density at radius 1 is 1.43 bits per heavy atom. The molecule has 5 nitrogen and oxygen atoms in total. The van der Waals surface area contributed by atoms with E-state index < -0.39 is 0 Å². The number of aromatic nitrogens is 3. The second-order valence-electron chi connectivity index (χ2n) is 5.65. The van der Waals surface area contributed by atoms with Crippen LogP contribution in [0.4, 0.5) is 0 Å². The number of aliphatic hydroxyl groups is 1. The second kappa shape index (κ2) is 7.00. The van der Waals surface area contributed by atoms with Crippen molar-refractivity contribution in [2.45, 2.75) is 58.7 Å². The second-order valence-corrected chi connectivity index (χ2v) is 5.65. The first-order valence-corrected chi connectivity index (χ1v) is 7.44. The Bertz CT molecular complexity index is 581. The van der Waals surface area contributed by atoms with E-state index in [1.54, 1.807) is 0 Å². The Morgan fingerprint density at radius 3 is 3.10 bits per heavy atom.